The Hall–Kier alpha value is -2.64. The highest BCUT2D eigenvalue weighted by Crippen LogP contribution is 2.23. The molecule has 3 heterocycles. The van der Waals surface area contributed by atoms with Crippen LogP contribution in [0.1, 0.15) is 47.6 Å². The van der Waals surface area contributed by atoms with Gasteiger partial charge in [-0.3, -0.25) is 14.5 Å². The zero-order valence-corrected chi connectivity index (χ0v) is 18.3. The molecule has 4 rings (SSSR count). The van der Waals surface area contributed by atoms with Gasteiger partial charge in [0, 0.05) is 44.0 Å². The van der Waals surface area contributed by atoms with Crippen LogP contribution in [-0.2, 0) is 4.74 Å². The van der Waals surface area contributed by atoms with Crippen molar-refractivity contribution in [3.63, 3.8) is 0 Å². The van der Waals surface area contributed by atoms with E-state index < -0.39 is 0 Å². The number of anilines is 1. The van der Waals surface area contributed by atoms with Gasteiger partial charge >= 0.3 is 0 Å². The van der Waals surface area contributed by atoms with E-state index in [1.165, 1.54) is 6.26 Å². The van der Waals surface area contributed by atoms with Crippen molar-refractivity contribution in [1.82, 2.24) is 9.80 Å². The third-order valence-corrected chi connectivity index (χ3v) is 6.03. The van der Waals surface area contributed by atoms with Crippen molar-refractivity contribution in [2.45, 2.75) is 38.9 Å². The van der Waals surface area contributed by atoms with Gasteiger partial charge in [0.1, 0.15) is 0 Å². The summed E-state index contributed by atoms with van der Waals surface area (Å²) in [4.78, 5) is 29.6. The molecule has 2 atom stereocenters. The molecule has 0 saturated carbocycles. The zero-order chi connectivity index (χ0) is 21.8. The molecule has 1 aromatic heterocycles. The van der Waals surface area contributed by atoms with Gasteiger partial charge in [-0.05, 0) is 62.9 Å². The van der Waals surface area contributed by atoms with Crippen LogP contribution in [0, 0.1) is 5.92 Å². The first-order valence-electron chi connectivity index (χ1n) is 11.1. The lowest BCUT2D eigenvalue weighted by Gasteiger charge is -2.39. The Kier molecular flexibility index (Phi) is 6.73. The van der Waals surface area contributed by atoms with Crippen LogP contribution >= 0.6 is 0 Å². The molecular formula is C24H31N3O4. The summed E-state index contributed by atoms with van der Waals surface area (Å²) in [6.07, 6.45) is 4.05. The third kappa shape index (κ3) is 5.54. The van der Waals surface area contributed by atoms with E-state index in [9.17, 15) is 9.59 Å². The molecule has 2 aromatic rings. The van der Waals surface area contributed by atoms with Gasteiger partial charge in [-0.25, -0.2) is 0 Å². The van der Waals surface area contributed by atoms with Crippen molar-refractivity contribution >= 4 is 17.5 Å². The monoisotopic (exact) mass is 425 g/mol. The maximum Gasteiger partial charge on any atom is 0.291 e. The van der Waals surface area contributed by atoms with E-state index in [4.69, 9.17) is 9.15 Å². The molecule has 0 radical (unpaired) electrons. The van der Waals surface area contributed by atoms with Crippen LogP contribution in [0.5, 0.6) is 0 Å². The van der Waals surface area contributed by atoms with Crippen LogP contribution in [0.15, 0.2) is 47.1 Å². The fourth-order valence-electron chi connectivity index (χ4n) is 4.63. The Labute approximate surface area is 183 Å². The van der Waals surface area contributed by atoms with Gasteiger partial charge in [-0.2, -0.15) is 0 Å². The van der Waals surface area contributed by atoms with Gasteiger partial charge in [-0.1, -0.05) is 6.07 Å². The fourth-order valence-corrected chi connectivity index (χ4v) is 4.63. The normalized spacial score (nSPS) is 23.0. The molecule has 1 N–H and O–H groups in total. The van der Waals surface area contributed by atoms with Crippen LogP contribution < -0.4 is 5.32 Å². The molecule has 2 aliphatic rings. The minimum absolute atomic E-state index is 0.0150. The Bertz CT molecular complexity index is 880. The SMILES string of the molecule is CC1CN(CC2CCN(C(=O)c3cccc(NC(=O)c4ccco4)c3)CC2)CC(C)O1. The van der Waals surface area contributed by atoms with Crippen molar-refractivity contribution in [3.8, 4) is 0 Å². The molecule has 7 nitrogen and oxygen atoms in total. The molecule has 0 aliphatic carbocycles. The number of benzene rings is 1. The quantitative estimate of drug-likeness (QED) is 0.794. The van der Waals surface area contributed by atoms with Crippen molar-refractivity contribution in [3.05, 3.63) is 54.0 Å². The number of hydrogen-bond acceptors (Lipinski definition) is 5. The second kappa shape index (κ2) is 9.66. The Morgan fingerprint density at radius 3 is 2.48 bits per heavy atom. The van der Waals surface area contributed by atoms with Crippen LogP contribution in [0.2, 0.25) is 0 Å². The zero-order valence-electron chi connectivity index (χ0n) is 18.3. The highest BCUT2D eigenvalue weighted by atomic mass is 16.5. The largest absolute Gasteiger partial charge is 0.459 e. The molecule has 2 unspecified atom stereocenters. The summed E-state index contributed by atoms with van der Waals surface area (Å²) in [6.45, 7) is 8.85. The van der Waals surface area contributed by atoms with Gasteiger partial charge in [0.05, 0.1) is 18.5 Å². The number of nitrogens with zero attached hydrogens (tertiary/aromatic N) is 2. The number of morpholine rings is 1. The first-order valence-corrected chi connectivity index (χ1v) is 11.1. The number of amides is 2. The number of furan rings is 1. The fraction of sp³-hybridized carbons (Fsp3) is 0.500. The smallest absolute Gasteiger partial charge is 0.291 e. The van der Waals surface area contributed by atoms with E-state index in [1.807, 2.05) is 4.90 Å². The Morgan fingerprint density at radius 1 is 1.06 bits per heavy atom. The number of likely N-dealkylation sites (tertiary alicyclic amines) is 1. The third-order valence-electron chi connectivity index (χ3n) is 6.03. The van der Waals surface area contributed by atoms with Crippen LogP contribution in [0.25, 0.3) is 0 Å². The predicted octanol–water partition coefficient (Wildman–Crippen LogP) is 3.49. The van der Waals surface area contributed by atoms with Crippen molar-refractivity contribution < 1.29 is 18.7 Å². The summed E-state index contributed by atoms with van der Waals surface area (Å²) >= 11 is 0. The molecule has 2 amide bonds. The highest BCUT2D eigenvalue weighted by molar-refractivity contribution is 6.03. The maximum absolute atomic E-state index is 13.0. The molecule has 2 aliphatic heterocycles. The average Bonchev–Trinajstić information content (AvgIpc) is 3.28. The lowest BCUT2D eigenvalue weighted by molar-refractivity contribution is -0.0728. The summed E-state index contributed by atoms with van der Waals surface area (Å²) in [5.41, 5.74) is 1.17. The van der Waals surface area contributed by atoms with Crippen molar-refractivity contribution in [2.24, 2.45) is 5.92 Å². The first-order chi connectivity index (χ1) is 15.0. The second-order valence-corrected chi connectivity index (χ2v) is 8.72. The van der Waals surface area contributed by atoms with Crippen LogP contribution in [0.3, 0.4) is 0 Å². The number of rotatable bonds is 5. The van der Waals surface area contributed by atoms with E-state index >= 15 is 0 Å². The predicted molar refractivity (Wildman–Crippen MR) is 118 cm³/mol. The second-order valence-electron chi connectivity index (χ2n) is 8.72. The summed E-state index contributed by atoms with van der Waals surface area (Å²) in [5, 5.41) is 2.78. The Balaban J connectivity index is 1.30. The molecule has 2 fully saturated rings. The van der Waals surface area contributed by atoms with Gasteiger partial charge in [0.15, 0.2) is 5.76 Å². The minimum Gasteiger partial charge on any atom is -0.459 e. The van der Waals surface area contributed by atoms with Gasteiger partial charge in [0.25, 0.3) is 11.8 Å². The van der Waals surface area contributed by atoms with E-state index in [2.05, 4.69) is 24.1 Å². The van der Waals surface area contributed by atoms with E-state index in [0.717, 1.165) is 45.6 Å². The van der Waals surface area contributed by atoms with Crippen LogP contribution in [-0.4, -0.2) is 66.5 Å². The molecular weight excluding hydrogens is 394 g/mol. The lowest BCUT2D eigenvalue weighted by Crippen LogP contribution is -2.48. The number of carbonyl (C=O) groups excluding carboxylic acids is 2. The number of nitrogens with one attached hydrogen (secondary N) is 1. The first kappa shape index (κ1) is 21.6. The molecule has 1 aromatic carbocycles. The molecule has 166 valence electrons. The van der Waals surface area contributed by atoms with E-state index in [1.54, 1.807) is 36.4 Å². The van der Waals surface area contributed by atoms with Gasteiger partial charge in [0.2, 0.25) is 0 Å². The standard InChI is InChI=1S/C24H31N3O4/c1-17-14-26(15-18(2)31-17)16-19-8-10-27(11-9-19)24(29)20-5-3-6-21(13-20)25-23(28)22-7-4-12-30-22/h3-7,12-13,17-19H,8-11,14-16H2,1-2H3,(H,25,28). The molecule has 0 bridgehead atoms. The molecule has 7 heteroatoms. The summed E-state index contributed by atoms with van der Waals surface area (Å²) < 4.78 is 11.0. The highest BCUT2D eigenvalue weighted by Gasteiger charge is 2.28. The lowest BCUT2D eigenvalue weighted by atomic mass is 9.95. The number of carbonyl (C=O) groups is 2. The minimum atomic E-state index is -0.331. The number of ether oxygens (including phenoxy) is 1. The summed E-state index contributed by atoms with van der Waals surface area (Å²) in [7, 11) is 0. The van der Waals surface area contributed by atoms with E-state index in [-0.39, 0.29) is 29.8 Å². The average molecular weight is 426 g/mol. The Morgan fingerprint density at radius 2 is 1.81 bits per heavy atom. The summed E-state index contributed by atoms with van der Waals surface area (Å²) in [5.74, 6) is 0.534. The summed E-state index contributed by atoms with van der Waals surface area (Å²) in [6, 6.07) is 10.4. The van der Waals surface area contributed by atoms with Crippen molar-refractivity contribution in [1.29, 1.82) is 0 Å². The number of hydrogen-bond donors (Lipinski definition) is 1. The topological polar surface area (TPSA) is 75.0 Å². The number of piperidine rings is 1. The van der Waals surface area contributed by atoms with Gasteiger partial charge < -0.3 is 19.4 Å². The van der Waals surface area contributed by atoms with Gasteiger partial charge in [-0.15, -0.1) is 0 Å². The molecule has 31 heavy (non-hydrogen) atoms. The van der Waals surface area contributed by atoms with Crippen LogP contribution in [0.4, 0.5) is 5.69 Å². The van der Waals surface area contributed by atoms with E-state index in [0.29, 0.717) is 17.2 Å². The maximum atomic E-state index is 13.0. The molecule has 2 saturated heterocycles. The van der Waals surface area contributed by atoms with Crippen molar-refractivity contribution in [2.75, 3.05) is 38.0 Å². The molecule has 0 spiro atoms.